The molecule has 0 saturated carbocycles. The number of halogens is 4. The summed E-state index contributed by atoms with van der Waals surface area (Å²) < 4.78 is 56.9. The van der Waals surface area contributed by atoms with Gasteiger partial charge < -0.3 is 19.6 Å². The molecule has 2 aromatic rings. The molecule has 1 aromatic heterocycles. The van der Waals surface area contributed by atoms with Crippen LogP contribution in [-0.2, 0) is 16.1 Å². The van der Waals surface area contributed by atoms with E-state index in [1.807, 2.05) is 12.1 Å². The fourth-order valence-electron chi connectivity index (χ4n) is 4.03. The highest BCUT2D eigenvalue weighted by Gasteiger charge is 2.43. The highest BCUT2D eigenvalue weighted by molar-refractivity contribution is 5.91. The maximum atomic E-state index is 13.9. The Balaban J connectivity index is 0.000000383. The zero-order valence-electron chi connectivity index (χ0n) is 17.6. The van der Waals surface area contributed by atoms with Gasteiger partial charge in [0.1, 0.15) is 5.82 Å². The third-order valence-electron chi connectivity index (χ3n) is 5.56. The number of nitrogens with one attached hydrogen (secondary N) is 1. The lowest BCUT2D eigenvalue weighted by molar-refractivity contribution is -0.192. The number of hydrogen-bond donors (Lipinski definition) is 2. The summed E-state index contributed by atoms with van der Waals surface area (Å²) in [6.45, 7) is 2.83. The molecule has 4 rings (SSSR count). The van der Waals surface area contributed by atoms with Crippen LogP contribution >= 0.6 is 0 Å². The molecule has 0 unspecified atom stereocenters. The largest absolute Gasteiger partial charge is 0.490 e. The molecule has 2 N–H and O–H groups in total. The predicted octanol–water partition coefficient (Wildman–Crippen LogP) is 3.61. The van der Waals surface area contributed by atoms with Gasteiger partial charge in [-0.05, 0) is 37.5 Å². The van der Waals surface area contributed by atoms with Crippen LogP contribution in [0.3, 0.4) is 0 Å². The molecule has 1 aromatic carbocycles. The van der Waals surface area contributed by atoms with Gasteiger partial charge in [0.05, 0.1) is 11.9 Å². The molecule has 180 valence electrons. The van der Waals surface area contributed by atoms with E-state index in [1.54, 1.807) is 18.2 Å². The third kappa shape index (κ3) is 6.78. The molecule has 2 saturated heterocycles. The number of furan rings is 1. The van der Waals surface area contributed by atoms with Crippen LogP contribution in [-0.4, -0.2) is 59.4 Å². The van der Waals surface area contributed by atoms with Crippen molar-refractivity contribution in [2.45, 2.75) is 43.6 Å². The van der Waals surface area contributed by atoms with Gasteiger partial charge in [-0.3, -0.25) is 9.69 Å². The summed E-state index contributed by atoms with van der Waals surface area (Å²) >= 11 is 0. The van der Waals surface area contributed by atoms with Crippen molar-refractivity contribution in [3.05, 3.63) is 59.8 Å². The fourth-order valence-corrected chi connectivity index (χ4v) is 4.03. The Morgan fingerprint density at radius 2 is 1.94 bits per heavy atom. The number of benzene rings is 1. The average Bonchev–Trinajstić information content (AvgIpc) is 3.41. The minimum atomic E-state index is -5.08. The van der Waals surface area contributed by atoms with Gasteiger partial charge in [0.2, 0.25) is 0 Å². The van der Waals surface area contributed by atoms with Gasteiger partial charge in [-0.2, -0.15) is 13.2 Å². The molecular weight excluding hydrogens is 448 g/mol. The minimum Gasteiger partial charge on any atom is -0.475 e. The van der Waals surface area contributed by atoms with Gasteiger partial charge in [0, 0.05) is 37.8 Å². The number of likely N-dealkylation sites (tertiary alicyclic amines) is 1. The SMILES string of the molecule is O=C(N[C@H]1CCO[C@]2(CCN(Cc3ccccc3F)C2)C1)c1ccco1.O=C(O)C(F)(F)F. The molecule has 7 nitrogen and oxygen atoms in total. The topological polar surface area (TPSA) is 92.0 Å². The average molecular weight is 472 g/mol. The lowest BCUT2D eigenvalue weighted by atomic mass is 9.89. The van der Waals surface area contributed by atoms with Gasteiger partial charge >= 0.3 is 12.1 Å². The molecule has 0 bridgehead atoms. The Labute approximate surface area is 187 Å². The number of ether oxygens (including phenoxy) is 1. The maximum Gasteiger partial charge on any atom is 0.490 e. The number of alkyl halides is 3. The van der Waals surface area contributed by atoms with E-state index in [9.17, 15) is 22.4 Å². The second-order valence-corrected chi connectivity index (χ2v) is 8.03. The Morgan fingerprint density at radius 1 is 1.21 bits per heavy atom. The molecule has 3 heterocycles. The molecule has 1 spiro atoms. The van der Waals surface area contributed by atoms with E-state index in [-0.39, 0.29) is 23.4 Å². The van der Waals surface area contributed by atoms with Crippen LogP contribution in [0.5, 0.6) is 0 Å². The standard InChI is InChI=1S/C20H23FN2O3.C2HF3O2/c21-17-5-2-1-4-15(17)13-23-9-8-20(14-23)12-16(7-11-26-20)22-19(24)18-6-3-10-25-18;3-2(4,5)1(6)7/h1-6,10,16H,7-9,11-14H2,(H,22,24);(H,6,7)/t16-,20+;/m0./s1. The van der Waals surface area contributed by atoms with E-state index in [0.29, 0.717) is 24.5 Å². The molecule has 1 amide bonds. The van der Waals surface area contributed by atoms with Crippen molar-refractivity contribution in [1.82, 2.24) is 10.2 Å². The summed E-state index contributed by atoms with van der Waals surface area (Å²) in [5.41, 5.74) is 0.452. The smallest absolute Gasteiger partial charge is 0.475 e. The van der Waals surface area contributed by atoms with Crippen LogP contribution in [0.15, 0.2) is 47.1 Å². The molecule has 0 radical (unpaired) electrons. The van der Waals surface area contributed by atoms with Crippen LogP contribution in [0.4, 0.5) is 17.6 Å². The van der Waals surface area contributed by atoms with Gasteiger partial charge in [-0.15, -0.1) is 0 Å². The van der Waals surface area contributed by atoms with Crippen molar-refractivity contribution in [2.75, 3.05) is 19.7 Å². The third-order valence-corrected chi connectivity index (χ3v) is 5.56. The van der Waals surface area contributed by atoms with Crippen LogP contribution in [0.1, 0.15) is 35.4 Å². The number of nitrogens with zero attached hydrogens (tertiary/aromatic N) is 1. The van der Waals surface area contributed by atoms with Crippen LogP contribution in [0.2, 0.25) is 0 Å². The molecule has 2 aliphatic rings. The number of aliphatic carboxylic acids is 1. The van der Waals surface area contributed by atoms with E-state index < -0.39 is 12.1 Å². The number of rotatable bonds is 4. The van der Waals surface area contributed by atoms with Crippen molar-refractivity contribution in [3.8, 4) is 0 Å². The Morgan fingerprint density at radius 3 is 2.58 bits per heavy atom. The van der Waals surface area contributed by atoms with Gasteiger partial charge in [0.25, 0.3) is 5.91 Å². The van der Waals surface area contributed by atoms with E-state index in [0.717, 1.165) is 32.4 Å². The van der Waals surface area contributed by atoms with Crippen molar-refractivity contribution in [2.24, 2.45) is 0 Å². The van der Waals surface area contributed by atoms with E-state index >= 15 is 0 Å². The summed E-state index contributed by atoms with van der Waals surface area (Å²) in [5.74, 6) is -2.77. The van der Waals surface area contributed by atoms with Gasteiger partial charge in [0.15, 0.2) is 5.76 Å². The first-order valence-electron chi connectivity index (χ1n) is 10.3. The van der Waals surface area contributed by atoms with E-state index in [2.05, 4.69) is 10.2 Å². The number of carboxylic acids is 1. The molecule has 11 heteroatoms. The maximum absolute atomic E-state index is 13.9. The molecule has 33 heavy (non-hydrogen) atoms. The summed E-state index contributed by atoms with van der Waals surface area (Å²) in [6, 6.07) is 10.3. The van der Waals surface area contributed by atoms with Crippen LogP contribution < -0.4 is 5.32 Å². The monoisotopic (exact) mass is 472 g/mol. The van der Waals surface area contributed by atoms with Gasteiger partial charge in [-0.25, -0.2) is 9.18 Å². The number of carbonyl (C=O) groups is 2. The quantitative estimate of drug-likeness (QED) is 0.661. The van der Waals surface area contributed by atoms with Crippen LogP contribution in [0.25, 0.3) is 0 Å². The second kappa shape index (κ2) is 10.3. The van der Waals surface area contributed by atoms with Crippen LogP contribution in [0, 0.1) is 5.82 Å². The molecular formula is C22H24F4N2O5. The zero-order valence-corrected chi connectivity index (χ0v) is 17.6. The van der Waals surface area contributed by atoms with Gasteiger partial charge in [-0.1, -0.05) is 18.2 Å². The highest BCUT2D eigenvalue weighted by Crippen LogP contribution is 2.35. The normalized spacial score (nSPS) is 23.1. The Hall–Kier alpha value is -2.92. The molecule has 2 fully saturated rings. The first-order valence-corrected chi connectivity index (χ1v) is 10.3. The molecule has 2 aliphatic heterocycles. The summed E-state index contributed by atoms with van der Waals surface area (Å²) in [4.78, 5) is 23.3. The number of hydrogen-bond acceptors (Lipinski definition) is 5. The number of carbonyl (C=O) groups excluding carboxylic acids is 1. The summed E-state index contributed by atoms with van der Waals surface area (Å²) in [5, 5.41) is 10.2. The first kappa shape index (κ1) is 24.7. The van der Waals surface area contributed by atoms with Crippen molar-refractivity contribution >= 4 is 11.9 Å². The predicted molar refractivity (Wildman–Crippen MR) is 108 cm³/mol. The fraction of sp³-hybridized carbons (Fsp3) is 0.455. The lowest BCUT2D eigenvalue weighted by Crippen LogP contribution is -2.49. The Kier molecular flexibility index (Phi) is 7.75. The number of carboxylic acid groups (broad SMARTS) is 1. The lowest BCUT2D eigenvalue weighted by Gasteiger charge is -2.38. The van der Waals surface area contributed by atoms with E-state index in [4.69, 9.17) is 19.1 Å². The van der Waals surface area contributed by atoms with Crippen molar-refractivity contribution in [1.29, 1.82) is 0 Å². The second-order valence-electron chi connectivity index (χ2n) is 8.03. The number of amides is 1. The van der Waals surface area contributed by atoms with Crippen molar-refractivity contribution in [3.63, 3.8) is 0 Å². The Bertz CT molecular complexity index is 951. The molecule has 2 atom stereocenters. The van der Waals surface area contributed by atoms with E-state index in [1.165, 1.54) is 12.3 Å². The summed E-state index contributed by atoms with van der Waals surface area (Å²) in [6.07, 6.45) is -1.12. The first-order chi connectivity index (χ1) is 15.6. The van der Waals surface area contributed by atoms with Crippen molar-refractivity contribution < 1.29 is 41.4 Å². The molecule has 0 aliphatic carbocycles. The zero-order chi connectivity index (χ0) is 24.1. The highest BCUT2D eigenvalue weighted by atomic mass is 19.4. The summed E-state index contributed by atoms with van der Waals surface area (Å²) in [7, 11) is 0. The minimum absolute atomic E-state index is 0.0646.